The van der Waals surface area contributed by atoms with Crippen LogP contribution in [0, 0.1) is 0 Å². The number of carbonyl (C=O) groups excluding carboxylic acids is 2. The smallest absolute Gasteiger partial charge is 0.317 e. The SMILES string of the molecule is CCOC(=O)CCNC(=O)N1CCCCC[C@H]1c1ccc(Cl)cc1. The monoisotopic (exact) mass is 352 g/mol. The van der Waals surface area contributed by atoms with Crippen molar-refractivity contribution in [2.24, 2.45) is 0 Å². The number of urea groups is 1. The number of rotatable bonds is 5. The molecule has 1 atom stereocenters. The first-order chi connectivity index (χ1) is 11.6. The molecule has 1 N–H and O–H groups in total. The van der Waals surface area contributed by atoms with Crippen LogP contribution in [0.25, 0.3) is 0 Å². The Morgan fingerprint density at radius 1 is 1.25 bits per heavy atom. The molecular weight excluding hydrogens is 328 g/mol. The first kappa shape index (κ1) is 18.6. The lowest BCUT2D eigenvalue weighted by Gasteiger charge is -2.30. The van der Waals surface area contributed by atoms with E-state index in [1.807, 2.05) is 29.2 Å². The van der Waals surface area contributed by atoms with Gasteiger partial charge in [0.1, 0.15) is 0 Å². The zero-order valence-electron chi connectivity index (χ0n) is 14.1. The van der Waals surface area contributed by atoms with E-state index in [2.05, 4.69) is 5.32 Å². The predicted octanol–water partition coefficient (Wildman–Crippen LogP) is 3.92. The fourth-order valence-electron chi connectivity index (χ4n) is 2.99. The number of nitrogens with zero attached hydrogens (tertiary/aromatic N) is 1. The van der Waals surface area contributed by atoms with Gasteiger partial charge in [-0.05, 0) is 37.5 Å². The van der Waals surface area contributed by atoms with Crippen LogP contribution >= 0.6 is 11.6 Å². The largest absolute Gasteiger partial charge is 0.466 e. The highest BCUT2D eigenvalue weighted by Crippen LogP contribution is 2.30. The van der Waals surface area contributed by atoms with Crippen LogP contribution in [0.4, 0.5) is 4.79 Å². The molecule has 6 heteroatoms. The number of benzene rings is 1. The van der Waals surface area contributed by atoms with Crippen LogP contribution in [0.5, 0.6) is 0 Å². The van der Waals surface area contributed by atoms with Gasteiger partial charge < -0.3 is 15.0 Å². The average Bonchev–Trinajstić information content (AvgIpc) is 2.81. The molecule has 1 heterocycles. The molecule has 132 valence electrons. The second kappa shape index (κ2) is 9.52. The van der Waals surface area contributed by atoms with Gasteiger partial charge in [0.05, 0.1) is 19.1 Å². The van der Waals surface area contributed by atoms with Crippen LogP contribution in [-0.4, -0.2) is 36.6 Å². The molecule has 0 spiro atoms. The van der Waals surface area contributed by atoms with Gasteiger partial charge in [0, 0.05) is 18.1 Å². The van der Waals surface area contributed by atoms with E-state index in [-0.39, 0.29) is 24.5 Å². The molecule has 24 heavy (non-hydrogen) atoms. The standard InChI is InChI=1S/C18H25ClN2O3/c1-2-24-17(22)11-12-20-18(23)21-13-5-3-4-6-16(21)14-7-9-15(19)10-8-14/h7-10,16H,2-6,11-13H2,1H3,(H,20,23)/t16-/m0/s1. The number of nitrogens with one attached hydrogen (secondary N) is 1. The molecule has 0 aliphatic carbocycles. The Morgan fingerprint density at radius 3 is 2.71 bits per heavy atom. The molecule has 0 unspecified atom stereocenters. The Morgan fingerprint density at radius 2 is 2.00 bits per heavy atom. The first-order valence-corrected chi connectivity index (χ1v) is 8.95. The van der Waals surface area contributed by atoms with Crippen molar-refractivity contribution in [3.8, 4) is 0 Å². The van der Waals surface area contributed by atoms with Gasteiger partial charge in [0.25, 0.3) is 0 Å². The lowest BCUT2D eigenvalue weighted by Crippen LogP contribution is -2.42. The van der Waals surface area contributed by atoms with E-state index in [9.17, 15) is 9.59 Å². The number of halogens is 1. The zero-order valence-corrected chi connectivity index (χ0v) is 14.8. The summed E-state index contributed by atoms with van der Waals surface area (Å²) in [6.45, 7) is 3.14. The Balaban J connectivity index is 1.99. The van der Waals surface area contributed by atoms with Crippen molar-refractivity contribution in [2.45, 2.75) is 45.1 Å². The molecule has 0 aromatic heterocycles. The van der Waals surface area contributed by atoms with Gasteiger partial charge in [-0.3, -0.25) is 4.79 Å². The molecular formula is C18H25ClN2O3. The maximum absolute atomic E-state index is 12.6. The third-order valence-corrected chi connectivity index (χ3v) is 4.43. The van der Waals surface area contributed by atoms with E-state index < -0.39 is 0 Å². The Hall–Kier alpha value is -1.75. The quantitative estimate of drug-likeness (QED) is 0.817. The number of hydrogen-bond acceptors (Lipinski definition) is 3. The molecule has 1 aliphatic rings. The summed E-state index contributed by atoms with van der Waals surface area (Å²) in [5, 5.41) is 3.53. The summed E-state index contributed by atoms with van der Waals surface area (Å²) >= 11 is 5.97. The van der Waals surface area contributed by atoms with Gasteiger partial charge in [-0.25, -0.2) is 4.79 Å². The molecule has 1 aliphatic heterocycles. The highest BCUT2D eigenvalue weighted by atomic mass is 35.5. The average molecular weight is 353 g/mol. The number of ether oxygens (including phenoxy) is 1. The summed E-state index contributed by atoms with van der Waals surface area (Å²) in [5.41, 5.74) is 1.10. The van der Waals surface area contributed by atoms with Gasteiger partial charge in [-0.15, -0.1) is 0 Å². The van der Waals surface area contributed by atoms with Gasteiger partial charge in [-0.2, -0.15) is 0 Å². The topological polar surface area (TPSA) is 58.6 Å². The molecule has 2 rings (SSSR count). The summed E-state index contributed by atoms with van der Waals surface area (Å²) in [5.74, 6) is -0.289. The van der Waals surface area contributed by atoms with Crippen molar-refractivity contribution in [2.75, 3.05) is 19.7 Å². The molecule has 2 amide bonds. The van der Waals surface area contributed by atoms with Crippen LogP contribution in [0.1, 0.15) is 50.6 Å². The maximum atomic E-state index is 12.6. The van der Waals surface area contributed by atoms with Crippen LogP contribution in [0.3, 0.4) is 0 Å². The van der Waals surface area contributed by atoms with Crippen LogP contribution in [-0.2, 0) is 9.53 Å². The van der Waals surface area contributed by atoms with Crippen molar-refractivity contribution >= 4 is 23.6 Å². The maximum Gasteiger partial charge on any atom is 0.317 e. The minimum absolute atomic E-state index is 0.0485. The Labute approximate surface area is 148 Å². The van der Waals surface area contributed by atoms with Crippen molar-refractivity contribution < 1.29 is 14.3 Å². The van der Waals surface area contributed by atoms with Gasteiger partial charge in [-0.1, -0.05) is 36.6 Å². The van der Waals surface area contributed by atoms with Crippen LogP contribution in [0.15, 0.2) is 24.3 Å². The highest BCUT2D eigenvalue weighted by Gasteiger charge is 2.26. The predicted molar refractivity (Wildman–Crippen MR) is 94.0 cm³/mol. The number of likely N-dealkylation sites (tertiary alicyclic amines) is 1. The van der Waals surface area contributed by atoms with E-state index in [4.69, 9.17) is 16.3 Å². The number of esters is 1. The molecule has 5 nitrogen and oxygen atoms in total. The summed E-state index contributed by atoms with van der Waals surface area (Å²) < 4.78 is 4.87. The molecule has 1 aromatic carbocycles. The van der Waals surface area contributed by atoms with Crippen LogP contribution < -0.4 is 5.32 Å². The molecule has 1 fully saturated rings. The van der Waals surface area contributed by atoms with Crippen molar-refractivity contribution in [3.05, 3.63) is 34.9 Å². The highest BCUT2D eigenvalue weighted by molar-refractivity contribution is 6.30. The van der Waals surface area contributed by atoms with E-state index in [0.29, 0.717) is 18.2 Å². The van der Waals surface area contributed by atoms with Crippen molar-refractivity contribution in [1.82, 2.24) is 10.2 Å². The first-order valence-electron chi connectivity index (χ1n) is 8.57. The lowest BCUT2D eigenvalue weighted by molar-refractivity contribution is -0.142. The van der Waals surface area contributed by atoms with E-state index in [1.54, 1.807) is 6.92 Å². The van der Waals surface area contributed by atoms with Crippen molar-refractivity contribution in [3.63, 3.8) is 0 Å². The minimum Gasteiger partial charge on any atom is -0.466 e. The normalized spacial score (nSPS) is 17.9. The van der Waals surface area contributed by atoms with Crippen LogP contribution in [0.2, 0.25) is 5.02 Å². The fraction of sp³-hybridized carbons (Fsp3) is 0.556. The third kappa shape index (κ3) is 5.41. The van der Waals surface area contributed by atoms with Gasteiger partial charge in [0.2, 0.25) is 0 Å². The van der Waals surface area contributed by atoms with E-state index in [1.165, 1.54) is 0 Å². The summed E-state index contributed by atoms with van der Waals surface area (Å²) in [6.07, 6.45) is 4.35. The molecule has 0 saturated carbocycles. The number of carbonyl (C=O) groups is 2. The second-order valence-corrected chi connectivity index (χ2v) is 6.33. The van der Waals surface area contributed by atoms with E-state index in [0.717, 1.165) is 37.8 Å². The third-order valence-electron chi connectivity index (χ3n) is 4.18. The molecule has 1 saturated heterocycles. The fourth-order valence-corrected chi connectivity index (χ4v) is 3.12. The van der Waals surface area contributed by atoms with Crippen molar-refractivity contribution in [1.29, 1.82) is 0 Å². The molecule has 0 radical (unpaired) electrons. The van der Waals surface area contributed by atoms with Gasteiger partial charge in [0.15, 0.2) is 0 Å². The summed E-state index contributed by atoms with van der Waals surface area (Å²) in [4.78, 5) is 25.8. The lowest BCUT2D eigenvalue weighted by atomic mass is 10.0. The molecule has 1 aromatic rings. The van der Waals surface area contributed by atoms with Gasteiger partial charge >= 0.3 is 12.0 Å². The molecule has 0 bridgehead atoms. The number of hydrogen-bond donors (Lipinski definition) is 1. The summed E-state index contributed by atoms with van der Waals surface area (Å²) in [7, 11) is 0. The summed E-state index contributed by atoms with van der Waals surface area (Å²) in [6, 6.07) is 7.61. The second-order valence-electron chi connectivity index (χ2n) is 5.90. The van der Waals surface area contributed by atoms with E-state index >= 15 is 0 Å². The number of amides is 2. The Kier molecular flexibility index (Phi) is 7.37. The zero-order chi connectivity index (χ0) is 17.4. The minimum atomic E-state index is -0.289. The Bertz CT molecular complexity index is 548.